The summed E-state index contributed by atoms with van der Waals surface area (Å²) in [5, 5.41) is 0.888. The quantitative estimate of drug-likeness (QED) is 0.736. The molecule has 0 atom stereocenters. The molecule has 1 aliphatic rings. The monoisotopic (exact) mass is 296 g/mol. The van der Waals surface area contributed by atoms with Crippen molar-refractivity contribution in [3.05, 3.63) is 23.4 Å². The molecular formula is C14H21BrN2. The van der Waals surface area contributed by atoms with Gasteiger partial charge >= 0.3 is 0 Å². The van der Waals surface area contributed by atoms with E-state index in [1.54, 1.807) is 0 Å². The zero-order valence-electron chi connectivity index (χ0n) is 10.7. The van der Waals surface area contributed by atoms with E-state index in [1.165, 1.54) is 42.6 Å². The van der Waals surface area contributed by atoms with E-state index in [4.69, 9.17) is 0 Å². The Bertz CT molecular complexity index is 374. The summed E-state index contributed by atoms with van der Waals surface area (Å²) in [7, 11) is 0. The van der Waals surface area contributed by atoms with Crippen molar-refractivity contribution in [2.45, 2.75) is 50.9 Å². The van der Waals surface area contributed by atoms with E-state index in [-0.39, 0.29) is 0 Å². The zero-order chi connectivity index (χ0) is 12.3. The summed E-state index contributed by atoms with van der Waals surface area (Å²) >= 11 is 3.48. The van der Waals surface area contributed by atoms with Crippen LogP contribution in [-0.4, -0.2) is 17.6 Å². The second-order valence-electron chi connectivity index (χ2n) is 4.90. The molecule has 1 aliphatic carbocycles. The molecule has 0 bridgehead atoms. The molecule has 2 nitrogen and oxygen atoms in total. The number of alkyl halides is 1. The lowest BCUT2D eigenvalue weighted by Crippen LogP contribution is -2.28. The zero-order valence-corrected chi connectivity index (χ0v) is 12.3. The number of pyridine rings is 1. The van der Waals surface area contributed by atoms with Crippen LogP contribution >= 0.6 is 15.9 Å². The maximum atomic E-state index is 4.66. The first kappa shape index (κ1) is 12.9. The minimum atomic E-state index is 0.752. The van der Waals surface area contributed by atoms with Gasteiger partial charge in [0.2, 0.25) is 0 Å². The van der Waals surface area contributed by atoms with Crippen molar-refractivity contribution in [3.8, 4) is 0 Å². The summed E-state index contributed by atoms with van der Waals surface area (Å²) in [5.41, 5.74) is 2.57. The number of rotatable bonds is 6. The molecular weight excluding hydrogens is 276 g/mol. The molecule has 1 fully saturated rings. The Kier molecular flexibility index (Phi) is 4.43. The van der Waals surface area contributed by atoms with Gasteiger partial charge in [-0.25, -0.2) is 4.98 Å². The van der Waals surface area contributed by atoms with Gasteiger partial charge in [-0.2, -0.15) is 0 Å². The standard InChI is InChI=1S/C14H21BrN2/c1-3-4-7-17(13-5-6-13)14-11(2)8-12(9-15)10-16-14/h8,10,13H,3-7,9H2,1-2H3. The Labute approximate surface area is 113 Å². The topological polar surface area (TPSA) is 16.1 Å². The predicted molar refractivity (Wildman–Crippen MR) is 76.9 cm³/mol. The number of unbranched alkanes of at least 4 members (excludes halogenated alkanes) is 1. The van der Waals surface area contributed by atoms with Gasteiger partial charge in [0, 0.05) is 24.1 Å². The van der Waals surface area contributed by atoms with Gasteiger partial charge in [-0.15, -0.1) is 0 Å². The molecule has 0 amide bonds. The lowest BCUT2D eigenvalue weighted by atomic mass is 10.2. The van der Waals surface area contributed by atoms with Crippen LogP contribution in [0.3, 0.4) is 0 Å². The molecule has 1 saturated carbocycles. The summed E-state index contributed by atoms with van der Waals surface area (Å²) in [5.74, 6) is 1.20. The number of aromatic nitrogens is 1. The molecule has 0 aliphatic heterocycles. The molecule has 1 aromatic heterocycles. The average Bonchev–Trinajstić information content (AvgIpc) is 3.15. The summed E-state index contributed by atoms with van der Waals surface area (Å²) in [6.45, 7) is 5.58. The van der Waals surface area contributed by atoms with Crippen LogP contribution in [0, 0.1) is 6.92 Å². The first-order valence-electron chi connectivity index (χ1n) is 6.54. The minimum Gasteiger partial charge on any atom is -0.353 e. The van der Waals surface area contributed by atoms with Gasteiger partial charge in [0.1, 0.15) is 5.82 Å². The number of halogens is 1. The highest BCUT2D eigenvalue weighted by Crippen LogP contribution is 2.32. The predicted octanol–water partition coefficient (Wildman–Crippen LogP) is 4.05. The smallest absolute Gasteiger partial charge is 0.131 e. The summed E-state index contributed by atoms with van der Waals surface area (Å²) in [4.78, 5) is 7.17. The Hall–Kier alpha value is -0.570. The van der Waals surface area contributed by atoms with E-state index >= 15 is 0 Å². The Balaban J connectivity index is 2.16. The van der Waals surface area contributed by atoms with Gasteiger partial charge < -0.3 is 4.90 Å². The van der Waals surface area contributed by atoms with Crippen LogP contribution in [0.15, 0.2) is 12.3 Å². The first-order valence-corrected chi connectivity index (χ1v) is 7.66. The van der Waals surface area contributed by atoms with Crippen LogP contribution in [0.1, 0.15) is 43.7 Å². The highest BCUT2D eigenvalue weighted by atomic mass is 79.9. The molecule has 94 valence electrons. The van der Waals surface area contributed by atoms with Crippen molar-refractivity contribution >= 4 is 21.7 Å². The van der Waals surface area contributed by atoms with Crippen molar-refractivity contribution in [2.75, 3.05) is 11.4 Å². The maximum Gasteiger partial charge on any atom is 0.131 e. The van der Waals surface area contributed by atoms with Gasteiger partial charge in [-0.05, 0) is 37.3 Å². The molecule has 0 N–H and O–H groups in total. The molecule has 1 heterocycles. The van der Waals surface area contributed by atoms with Gasteiger partial charge in [-0.1, -0.05) is 35.3 Å². The minimum absolute atomic E-state index is 0.752. The summed E-state index contributed by atoms with van der Waals surface area (Å²) < 4.78 is 0. The molecule has 0 unspecified atom stereocenters. The summed E-state index contributed by atoms with van der Waals surface area (Å²) in [6.07, 6.45) is 7.19. The Morgan fingerprint density at radius 2 is 2.24 bits per heavy atom. The van der Waals surface area contributed by atoms with Gasteiger partial charge in [0.05, 0.1) is 0 Å². The second kappa shape index (κ2) is 5.85. The Morgan fingerprint density at radius 1 is 1.47 bits per heavy atom. The number of anilines is 1. The number of hydrogen-bond acceptors (Lipinski definition) is 2. The van der Waals surface area contributed by atoms with E-state index in [1.807, 2.05) is 6.20 Å². The maximum absolute atomic E-state index is 4.66. The molecule has 17 heavy (non-hydrogen) atoms. The van der Waals surface area contributed by atoms with Crippen LogP contribution < -0.4 is 4.90 Å². The molecule has 1 aromatic rings. The molecule has 2 rings (SSSR count). The van der Waals surface area contributed by atoms with Gasteiger partial charge in [0.25, 0.3) is 0 Å². The van der Waals surface area contributed by atoms with Gasteiger partial charge in [-0.3, -0.25) is 0 Å². The highest BCUT2D eigenvalue weighted by Gasteiger charge is 2.30. The SMILES string of the molecule is CCCCN(c1ncc(CBr)cc1C)C1CC1. The van der Waals surface area contributed by atoms with Crippen molar-refractivity contribution in [2.24, 2.45) is 0 Å². The molecule has 3 heteroatoms. The number of aryl methyl sites for hydroxylation is 1. The van der Waals surface area contributed by atoms with Crippen molar-refractivity contribution in [3.63, 3.8) is 0 Å². The Morgan fingerprint density at radius 3 is 2.76 bits per heavy atom. The third-order valence-electron chi connectivity index (χ3n) is 3.27. The van der Waals surface area contributed by atoms with E-state index < -0.39 is 0 Å². The van der Waals surface area contributed by atoms with E-state index in [9.17, 15) is 0 Å². The lowest BCUT2D eigenvalue weighted by molar-refractivity contribution is 0.702. The van der Waals surface area contributed by atoms with Crippen LogP contribution in [0.2, 0.25) is 0 Å². The van der Waals surface area contributed by atoms with Crippen LogP contribution in [0.25, 0.3) is 0 Å². The van der Waals surface area contributed by atoms with E-state index in [2.05, 4.69) is 45.7 Å². The third-order valence-corrected chi connectivity index (χ3v) is 3.92. The second-order valence-corrected chi connectivity index (χ2v) is 5.46. The van der Waals surface area contributed by atoms with E-state index in [0.29, 0.717) is 0 Å². The largest absolute Gasteiger partial charge is 0.353 e. The summed E-state index contributed by atoms with van der Waals surface area (Å²) in [6, 6.07) is 3.00. The highest BCUT2D eigenvalue weighted by molar-refractivity contribution is 9.08. The molecule has 0 aromatic carbocycles. The van der Waals surface area contributed by atoms with Crippen LogP contribution in [0.5, 0.6) is 0 Å². The fourth-order valence-corrected chi connectivity index (χ4v) is 2.48. The van der Waals surface area contributed by atoms with Gasteiger partial charge in [0.15, 0.2) is 0 Å². The average molecular weight is 297 g/mol. The fraction of sp³-hybridized carbons (Fsp3) is 0.643. The first-order chi connectivity index (χ1) is 8.26. The molecule has 0 spiro atoms. The fourth-order valence-electron chi connectivity index (χ4n) is 2.18. The van der Waals surface area contributed by atoms with Crippen LogP contribution in [0.4, 0.5) is 5.82 Å². The van der Waals surface area contributed by atoms with Crippen molar-refractivity contribution in [1.82, 2.24) is 4.98 Å². The number of nitrogens with zero attached hydrogens (tertiary/aromatic N) is 2. The number of hydrogen-bond donors (Lipinski definition) is 0. The third kappa shape index (κ3) is 3.21. The van der Waals surface area contributed by atoms with Crippen molar-refractivity contribution in [1.29, 1.82) is 0 Å². The normalized spacial score (nSPS) is 15.0. The lowest BCUT2D eigenvalue weighted by Gasteiger charge is -2.25. The molecule has 0 saturated heterocycles. The van der Waals surface area contributed by atoms with Crippen molar-refractivity contribution < 1.29 is 0 Å². The van der Waals surface area contributed by atoms with Crippen LogP contribution in [-0.2, 0) is 5.33 Å². The molecule has 0 radical (unpaired) electrons. The van der Waals surface area contributed by atoms with E-state index in [0.717, 1.165) is 17.9 Å².